The van der Waals surface area contributed by atoms with Crippen LogP contribution >= 0.6 is 0 Å². The lowest BCUT2D eigenvalue weighted by molar-refractivity contribution is 0.0525. The SMILES string of the molecule is CCOC(=O)c1cc2n(c1C)C1=CC(c3ccccc3)=NC1(c1ccccc1)c1ccc(N)cc1-2. The molecule has 0 amide bonds. The second-order valence-electron chi connectivity index (χ2n) is 8.86. The number of hydrogen-bond donors (Lipinski definition) is 1. The summed E-state index contributed by atoms with van der Waals surface area (Å²) in [7, 11) is 0. The Labute approximate surface area is 204 Å². The molecule has 0 radical (unpaired) electrons. The molecule has 2 N–H and O–H groups in total. The highest BCUT2D eigenvalue weighted by Gasteiger charge is 2.49. The van der Waals surface area contributed by atoms with Gasteiger partial charge in [-0.25, -0.2) is 4.79 Å². The highest BCUT2D eigenvalue weighted by molar-refractivity contribution is 6.16. The van der Waals surface area contributed by atoms with E-state index >= 15 is 0 Å². The second kappa shape index (κ2) is 7.84. The van der Waals surface area contributed by atoms with Gasteiger partial charge in [0.05, 0.1) is 29.3 Å². The minimum absolute atomic E-state index is 0.320. The van der Waals surface area contributed by atoms with Crippen LogP contribution in [-0.2, 0) is 10.3 Å². The van der Waals surface area contributed by atoms with Gasteiger partial charge in [0.15, 0.2) is 5.54 Å². The lowest BCUT2D eigenvalue weighted by Gasteiger charge is -2.38. The molecule has 2 aliphatic heterocycles. The van der Waals surface area contributed by atoms with Gasteiger partial charge < -0.3 is 15.0 Å². The number of fused-ring (bicyclic) bond motifs is 6. The first-order valence-corrected chi connectivity index (χ1v) is 11.8. The first-order chi connectivity index (χ1) is 17.0. The normalized spacial score (nSPS) is 17.7. The summed E-state index contributed by atoms with van der Waals surface area (Å²) in [5.74, 6) is -0.328. The summed E-state index contributed by atoms with van der Waals surface area (Å²) in [6.45, 7) is 4.10. The van der Waals surface area contributed by atoms with Crippen LogP contribution in [0.5, 0.6) is 0 Å². The average Bonchev–Trinajstić information content (AvgIpc) is 3.45. The lowest BCUT2D eigenvalue weighted by Crippen LogP contribution is -2.32. The van der Waals surface area contributed by atoms with Crippen LogP contribution in [0.25, 0.3) is 17.0 Å². The van der Waals surface area contributed by atoms with E-state index in [4.69, 9.17) is 15.5 Å². The number of carbonyl (C=O) groups excluding carboxylic acids is 1. The number of nitrogens with zero attached hydrogens (tertiary/aromatic N) is 2. The molecular weight excluding hydrogens is 434 g/mol. The Morgan fingerprint density at radius 3 is 2.43 bits per heavy atom. The Morgan fingerprint density at radius 1 is 1.00 bits per heavy atom. The molecule has 0 spiro atoms. The van der Waals surface area contributed by atoms with E-state index in [0.29, 0.717) is 17.9 Å². The minimum atomic E-state index is -0.780. The fourth-order valence-electron chi connectivity index (χ4n) is 5.35. The number of allylic oxidation sites excluding steroid dienone is 1. The molecule has 0 aliphatic carbocycles. The first-order valence-electron chi connectivity index (χ1n) is 11.8. The van der Waals surface area contributed by atoms with Crippen molar-refractivity contribution in [1.29, 1.82) is 0 Å². The Morgan fingerprint density at radius 2 is 1.71 bits per heavy atom. The number of anilines is 1. The van der Waals surface area contributed by atoms with E-state index in [2.05, 4.69) is 41.0 Å². The van der Waals surface area contributed by atoms with Crippen LogP contribution in [0.3, 0.4) is 0 Å². The summed E-state index contributed by atoms with van der Waals surface area (Å²) in [6.07, 6.45) is 2.15. The molecule has 3 aromatic carbocycles. The number of nitrogen functional groups attached to an aromatic ring is 1. The van der Waals surface area contributed by atoms with Crippen LogP contribution in [0.1, 0.15) is 39.7 Å². The maximum Gasteiger partial charge on any atom is 0.339 e. The van der Waals surface area contributed by atoms with Crippen LogP contribution in [-0.4, -0.2) is 22.9 Å². The van der Waals surface area contributed by atoms with Gasteiger partial charge in [-0.05, 0) is 54.8 Å². The minimum Gasteiger partial charge on any atom is -0.462 e. The molecule has 0 bridgehead atoms. The summed E-state index contributed by atoms with van der Waals surface area (Å²) in [6, 6.07) is 28.4. The third-order valence-corrected chi connectivity index (χ3v) is 6.89. The van der Waals surface area contributed by atoms with Gasteiger partial charge in [-0.15, -0.1) is 0 Å². The number of rotatable bonds is 4. The molecule has 35 heavy (non-hydrogen) atoms. The Bertz CT molecular complexity index is 1530. The number of aromatic nitrogens is 1. The van der Waals surface area contributed by atoms with Crippen LogP contribution in [0.4, 0.5) is 5.69 Å². The van der Waals surface area contributed by atoms with Crippen molar-refractivity contribution >= 4 is 23.1 Å². The summed E-state index contributed by atoms with van der Waals surface area (Å²) in [5.41, 5.74) is 14.4. The van der Waals surface area contributed by atoms with E-state index in [1.165, 1.54) is 0 Å². The van der Waals surface area contributed by atoms with Crippen molar-refractivity contribution in [2.24, 2.45) is 4.99 Å². The van der Waals surface area contributed by atoms with Crippen LogP contribution in [0, 0.1) is 6.92 Å². The van der Waals surface area contributed by atoms with E-state index in [0.717, 1.165) is 45.1 Å². The van der Waals surface area contributed by atoms with Crippen molar-refractivity contribution < 1.29 is 9.53 Å². The predicted molar refractivity (Wildman–Crippen MR) is 139 cm³/mol. The smallest absolute Gasteiger partial charge is 0.339 e. The topological polar surface area (TPSA) is 69.6 Å². The van der Waals surface area contributed by atoms with Crippen molar-refractivity contribution in [3.05, 3.63) is 119 Å². The van der Waals surface area contributed by atoms with E-state index < -0.39 is 5.54 Å². The molecule has 5 nitrogen and oxygen atoms in total. The highest BCUT2D eigenvalue weighted by atomic mass is 16.5. The molecular formula is C30H25N3O2. The van der Waals surface area contributed by atoms with Gasteiger partial charge in [-0.2, -0.15) is 0 Å². The van der Waals surface area contributed by atoms with Crippen molar-refractivity contribution in [3.8, 4) is 11.3 Å². The van der Waals surface area contributed by atoms with Gasteiger partial charge in [-0.3, -0.25) is 4.99 Å². The maximum atomic E-state index is 12.9. The molecule has 5 heteroatoms. The quantitative estimate of drug-likeness (QED) is 0.309. The van der Waals surface area contributed by atoms with Gasteiger partial charge in [-0.1, -0.05) is 66.7 Å². The van der Waals surface area contributed by atoms with Crippen molar-refractivity contribution in [2.45, 2.75) is 19.4 Å². The van der Waals surface area contributed by atoms with Crippen molar-refractivity contribution in [2.75, 3.05) is 12.3 Å². The zero-order valence-corrected chi connectivity index (χ0v) is 19.7. The molecule has 0 saturated heterocycles. The average molecular weight is 460 g/mol. The molecule has 3 heterocycles. The van der Waals surface area contributed by atoms with Crippen molar-refractivity contribution in [3.63, 3.8) is 0 Å². The molecule has 0 saturated carbocycles. The predicted octanol–water partition coefficient (Wildman–Crippen LogP) is 5.82. The lowest BCUT2D eigenvalue weighted by atomic mass is 9.76. The zero-order chi connectivity index (χ0) is 24.2. The third-order valence-electron chi connectivity index (χ3n) is 6.89. The summed E-state index contributed by atoms with van der Waals surface area (Å²) in [5, 5.41) is 0. The van der Waals surface area contributed by atoms with Gasteiger partial charge in [0, 0.05) is 16.9 Å². The van der Waals surface area contributed by atoms with Crippen LogP contribution in [0.15, 0.2) is 96.0 Å². The summed E-state index contributed by atoms with van der Waals surface area (Å²) in [4.78, 5) is 18.3. The number of ether oxygens (including phenoxy) is 1. The van der Waals surface area contributed by atoms with Gasteiger partial charge in [0.25, 0.3) is 0 Å². The number of hydrogen-bond acceptors (Lipinski definition) is 4. The largest absolute Gasteiger partial charge is 0.462 e. The first kappa shape index (κ1) is 21.2. The van der Waals surface area contributed by atoms with E-state index in [1.54, 1.807) is 0 Å². The number of benzene rings is 3. The third kappa shape index (κ3) is 3.01. The Balaban J connectivity index is 1.72. The molecule has 1 atom stereocenters. The maximum absolute atomic E-state index is 12.9. The summed E-state index contributed by atoms with van der Waals surface area (Å²) < 4.78 is 7.54. The Kier molecular flexibility index (Phi) is 4.74. The fraction of sp³-hybridized carbons (Fsp3) is 0.133. The van der Waals surface area contributed by atoms with E-state index in [-0.39, 0.29) is 5.97 Å². The Hall–Kier alpha value is -4.38. The zero-order valence-electron chi connectivity index (χ0n) is 19.7. The number of esters is 1. The molecule has 4 aromatic rings. The number of nitrogens with two attached hydrogens (primary N) is 1. The fourth-order valence-corrected chi connectivity index (χ4v) is 5.35. The van der Waals surface area contributed by atoms with E-state index in [9.17, 15) is 4.79 Å². The molecule has 1 aromatic heterocycles. The highest BCUT2D eigenvalue weighted by Crippen LogP contribution is 2.55. The molecule has 1 unspecified atom stereocenters. The number of carbonyl (C=O) groups is 1. The van der Waals surface area contributed by atoms with Gasteiger partial charge in [0.1, 0.15) is 0 Å². The number of aliphatic imine (C=N–C) groups is 1. The monoisotopic (exact) mass is 459 g/mol. The molecule has 6 rings (SSSR count). The van der Waals surface area contributed by atoms with Gasteiger partial charge in [0.2, 0.25) is 0 Å². The molecule has 2 aliphatic rings. The van der Waals surface area contributed by atoms with E-state index in [1.807, 2.05) is 68.4 Å². The summed E-state index contributed by atoms with van der Waals surface area (Å²) >= 11 is 0. The van der Waals surface area contributed by atoms with Crippen molar-refractivity contribution in [1.82, 2.24) is 4.57 Å². The molecule has 0 fully saturated rings. The van der Waals surface area contributed by atoms with Gasteiger partial charge >= 0.3 is 5.97 Å². The van der Waals surface area contributed by atoms with Crippen LogP contribution in [0.2, 0.25) is 0 Å². The standard InChI is InChI=1S/C30H25N3O2/c1-3-35-29(34)23-17-27-24-16-22(31)14-15-25(24)30(21-12-8-5-9-13-21)28(33(27)19(23)2)18-26(32-30)20-10-6-4-7-11-20/h4-18H,3,31H2,1-2H3. The molecule has 172 valence electrons. The second-order valence-corrected chi connectivity index (χ2v) is 8.86. The van der Waals surface area contributed by atoms with Crippen LogP contribution < -0.4 is 5.73 Å².